The fourth-order valence-electron chi connectivity index (χ4n) is 1.83. The van der Waals surface area contributed by atoms with E-state index in [1.54, 1.807) is 20.8 Å². The second kappa shape index (κ2) is 4.19. The van der Waals surface area contributed by atoms with Gasteiger partial charge in [0.1, 0.15) is 11.4 Å². The Balaban J connectivity index is 2.82. The summed E-state index contributed by atoms with van der Waals surface area (Å²) >= 11 is 0. The number of nitro groups is 1. The molecule has 0 radical (unpaired) electrons. The Labute approximate surface area is 112 Å². The van der Waals surface area contributed by atoms with Gasteiger partial charge in [0, 0.05) is 5.41 Å². The molecule has 1 heterocycles. The van der Waals surface area contributed by atoms with Crippen molar-refractivity contribution in [2.45, 2.75) is 32.4 Å². The van der Waals surface area contributed by atoms with Gasteiger partial charge in [0.2, 0.25) is 0 Å². The summed E-state index contributed by atoms with van der Waals surface area (Å²) < 4.78 is 38.5. The number of imidazole rings is 1. The predicted molar refractivity (Wildman–Crippen MR) is 66.5 cm³/mol. The number of aromatic amines is 1. The second-order valence-electron chi connectivity index (χ2n) is 5.45. The van der Waals surface area contributed by atoms with E-state index in [9.17, 15) is 23.3 Å². The molecule has 0 aliphatic heterocycles. The molecule has 1 aromatic heterocycles. The van der Waals surface area contributed by atoms with Crippen LogP contribution in [-0.4, -0.2) is 14.9 Å². The van der Waals surface area contributed by atoms with Gasteiger partial charge in [0.05, 0.1) is 10.4 Å². The minimum absolute atomic E-state index is 0.217. The van der Waals surface area contributed by atoms with Crippen LogP contribution in [0.2, 0.25) is 0 Å². The Kier molecular flexibility index (Phi) is 2.99. The molecule has 1 aromatic carbocycles. The van der Waals surface area contributed by atoms with E-state index in [4.69, 9.17) is 0 Å². The van der Waals surface area contributed by atoms with Gasteiger partial charge in [-0.05, 0) is 12.1 Å². The third-order valence-electron chi connectivity index (χ3n) is 2.83. The molecule has 1 N–H and O–H groups in total. The Morgan fingerprint density at radius 3 is 2.30 bits per heavy atom. The van der Waals surface area contributed by atoms with Crippen molar-refractivity contribution in [3.63, 3.8) is 0 Å². The summed E-state index contributed by atoms with van der Waals surface area (Å²) in [5, 5.41) is 11.0. The molecule has 20 heavy (non-hydrogen) atoms. The van der Waals surface area contributed by atoms with E-state index < -0.39 is 27.8 Å². The molecule has 5 nitrogen and oxygen atoms in total. The van der Waals surface area contributed by atoms with Crippen LogP contribution in [0.25, 0.3) is 11.0 Å². The molecule has 0 spiro atoms. The second-order valence-corrected chi connectivity index (χ2v) is 5.45. The Bertz CT molecular complexity index is 684. The highest BCUT2D eigenvalue weighted by Gasteiger charge is 2.40. The molecule has 0 aliphatic carbocycles. The summed E-state index contributed by atoms with van der Waals surface area (Å²) in [7, 11) is 0. The number of benzene rings is 1. The number of hydrogen-bond donors (Lipinski definition) is 1. The standard InChI is InChI=1S/C12H12F3N3O2/c1-11(2,3)10-16-7-5-4-6(12(13,14)15)9(18(19)20)8(7)17-10/h4-5H,1-3H3,(H,16,17). The lowest BCUT2D eigenvalue weighted by molar-refractivity contribution is -0.386. The first-order chi connectivity index (χ1) is 9.01. The minimum Gasteiger partial charge on any atom is -0.341 e. The topological polar surface area (TPSA) is 71.8 Å². The zero-order chi connectivity index (χ0) is 15.3. The number of nitrogens with one attached hydrogen (secondary N) is 1. The highest BCUT2D eigenvalue weighted by atomic mass is 19.4. The maximum atomic E-state index is 12.8. The minimum atomic E-state index is -4.79. The van der Waals surface area contributed by atoms with Crippen molar-refractivity contribution in [1.82, 2.24) is 9.97 Å². The van der Waals surface area contributed by atoms with Crippen LogP contribution in [0.4, 0.5) is 18.9 Å². The number of fused-ring (bicyclic) bond motifs is 1. The molecule has 2 rings (SSSR count). The van der Waals surface area contributed by atoms with Crippen molar-refractivity contribution in [2.75, 3.05) is 0 Å². The van der Waals surface area contributed by atoms with E-state index in [1.807, 2.05) is 0 Å². The normalized spacial score (nSPS) is 12.9. The number of alkyl halides is 3. The van der Waals surface area contributed by atoms with Gasteiger partial charge in [-0.15, -0.1) is 0 Å². The number of nitrogens with zero attached hydrogens (tertiary/aromatic N) is 2. The first kappa shape index (κ1) is 14.3. The van der Waals surface area contributed by atoms with Crippen molar-refractivity contribution >= 4 is 16.7 Å². The average Bonchev–Trinajstić information content (AvgIpc) is 2.68. The van der Waals surface area contributed by atoms with Crippen molar-refractivity contribution in [2.24, 2.45) is 0 Å². The van der Waals surface area contributed by atoms with Gasteiger partial charge in [-0.3, -0.25) is 10.1 Å². The van der Waals surface area contributed by atoms with E-state index in [0.29, 0.717) is 11.9 Å². The van der Waals surface area contributed by atoms with Crippen molar-refractivity contribution in [3.8, 4) is 0 Å². The summed E-state index contributed by atoms with van der Waals surface area (Å²) in [6, 6.07) is 1.86. The quantitative estimate of drug-likeness (QED) is 0.640. The van der Waals surface area contributed by atoms with Crippen LogP contribution in [0.5, 0.6) is 0 Å². The van der Waals surface area contributed by atoms with Crippen molar-refractivity contribution in [1.29, 1.82) is 0 Å². The van der Waals surface area contributed by atoms with Gasteiger partial charge in [0.25, 0.3) is 0 Å². The molecule has 0 aliphatic rings. The molecule has 8 heteroatoms. The Morgan fingerprint density at radius 2 is 1.85 bits per heavy atom. The first-order valence-corrected chi connectivity index (χ1v) is 5.76. The average molecular weight is 287 g/mol. The molecule has 0 atom stereocenters. The van der Waals surface area contributed by atoms with E-state index in [1.165, 1.54) is 0 Å². The predicted octanol–water partition coefficient (Wildman–Crippen LogP) is 3.79. The summed E-state index contributed by atoms with van der Waals surface area (Å²) in [5.74, 6) is 0.398. The lowest BCUT2D eigenvalue weighted by Crippen LogP contribution is -2.13. The maximum absolute atomic E-state index is 12.8. The SMILES string of the molecule is CC(C)(C)c1nc2c([N+](=O)[O-])c(C(F)(F)F)ccc2[nH]1. The Hall–Kier alpha value is -2.12. The smallest absolute Gasteiger partial charge is 0.341 e. The maximum Gasteiger partial charge on any atom is 0.423 e. The lowest BCUT2D eigenvalue weighted by Gasteiger charge is -2.13. The third kappa shape index (κ3) is 2.33. The number of rotatable bonds is 1. The largest absolute Gasteiger partial charge is 0.423 e. The van der Waals surface area contributed by atoms with Crippen LogP contribution < -0.4 is 0 Å². The zero-order valence-electron chi connectivity index (χ0n) is 11.0. The monoisotopic (exact) mass is 287 g/mol. The van der Waals surface area contributed by atoms with Gasteiger partial charge in [-0.25, -0.2) is 4.98 Å². The molecular formula is C12H12F3N3O2. The van der Waals surface area contributed by atoms with E-state index in [2.05, 4.69) is 9.97 Å². The highest BCUT2D eigenvalue weighted by Crippen LogP contribution is 2.40. The summed E-state index contributed by atoms with van der Waals surface area (Å²) in [6.45, 7) is 5.42. The number of H-pyrrole nitrogens is 1. The molecule has 0 fully saturated rings. The van der Waals surface area contributed by atoms with E-state index >= 15 is 0 Å². The summed E-state index contributed by atoms with van der Waals surface area (Å²) in [6.07, 6.45) is -4.79. The van der Waals surface area contributed by atoms with Gasteiger partial charge in [-0.1, -0.05) is 20.8 Å². The fourth-order valence-corrected chi connectivity index (χ4v) is 1.83. The molecule has 0 bridgehead atoms. The number of halogens is 3. The molecule has 0 amide bonds. The van der Waals surface area contributed by atoms with Crippen LogP contribution in [0.15, 0.2) is 12.1 Å². The fraction of sp³-hybridized carbons (Fsp3) is 0.417. The van der Waals surface area contributed by atoms with Gasteiger partial charge >= 0.3 is 11.9 Å². The van der Waals surface area contributed by atoms with Crippen LogP contribution in [0.1, 0.15) is 32.2 Å². The number of nitro benzene ring substituents is 1. The van der Waals surface area contributed by atoms with Crippen molar-refractivity contribution < 1.29 is 18.1 Å². The molecular weight excluding hydrogens is 275 g/mol. The van der Waals surface area contributed by atoms with Crippen LogP contribution >= 0.6 is 0 Å². The van der Waals surface area contributed by atoms with Gasteiger partial charge in [-0.2, -0.15) is 13.2 Å². The van der Waals surface area contributed by atoms with Crippen LogP contribution in [0, 0.1) is 10.1 Å². The molecule has 0 saturated carbocycles. The Morgan fingerprint density at radius 1 is 1.25 bits per heavy atom. The number of hydrogen-bond acceptors (Lipinski definition) is 3. The van der Waals surface area contributed by atoms with Gasteiger partial charge < -0.3 is 4.98 Å². The molecule has 0 unspecified atom stereocenters. The lowest BCUT2D eigenvalue weighted by atomic mass is 9.96. The van der Waals surface area contributed by atoms with Crippen molar-refractivity contribution in [3.05, 3.63) is 33.6 Å². The van der Waals surface area contributed by atoms with E-state index in [-0.39, 0.29) is 11.0 Å². The first-order valence-electron chi connectivity index (χ1n) is 5.76. The van der Waals surface area contributed by atoms with Gasteiger partial charge in [0.15, 0.2) is 5.52 Å². The molecule has 2 aromatic rings. The van der Waals surface area contributed by atoms with E-state index in [0.717, 1.165) is 6.07 Å². The zero-order valence-corrected chi connectivity index (χ0v) is 11.0. The number of aromatic nitrogens is 2. The highest BCUT2D eigenvalue weighted by molar-refractivity contribution is 5.87. The third-order valence-corrected chi connectivity index (χ3v) is 2.83. The summed E-state index contributed by atoms with van der Waals surface area (Å²) in [4.78, 5) is 16.8. The van der Waals surface area contributed by atoms with Crippen LogP contribution in [0.3, 0.4) is 0 Å². The summed E-state index contributed by atoms with van der Waals surface area (Å²) in [5.41, 5.74) is -2.81. The molecule has 108 valence electrons. The molecule has 0 saturated heterocycles. The van der Waals surface area contributed by atoms with Crippen LogP contribution in [-0.2, 0) is 11.6 Å².